The van der Waals surface area contributed by atoms with Crippen LogP contribution >= 0.6 is 11.6 Å². The number of hydrogen-bond donors (Lipinski definition) is 1. The number of fused-ring (bicyclic) bond motifs is 3. The fraction of sp³-hybridized carbons (Fsp3) is 0.368. The maximum Gasteiger partial charge on any atom is 0.119 e. The molecule has 0 bridgehead atoms. The minimum absolute atomic E-state index is 0.382. The summed E-state index contributed by atoms with van der Waals surface area (Å²) >= 11 is 6.52. The molecule has 1 aliphatic carbocycles. The first kappa shape index (κ1) is 14.1. The molecule has 1 heterocycles. The van der Waals surface area contributed by atoms with E-state index in [1.165, 1.54) is 29.5 Å². The average Bonchev–Trinajstić information content (AvgIpc) is 2.89. The van der Waals surface area contributed by atoms with E-state index in [1.807, 2.05) is 12.1 Å². The van der Waals surface area contributed by atoms with Crippen molar-refractivity contribution in [3.05, 3.63) is 64.2 Å². The lowest BCUT2D eigenvalue weighted by Crippen LogP contribution is -2.33. The van der Waals surface area contributed by atoms with Gasteiger partial charge in [0.15, 0.2) is 0 Å². The molecular formula is C19H20ClNO. The van der Waals surface area contributed by atoms with E-state index >= 15 is 0 Å². The van der Waals surface area contributed by atoms with Crippen LogP contribution in [0.2, 0.25) is 5.02 Å². The molecule has 3 unspecified atom stereocenters. The normalized spacial score (nSPS) is 26.4. The Morgan fingerprint density at radius 1 is 1.09 bits per heavy atom. The molecule has 0 aromatic heterocycles. The molecule has 22 heavy (non-hydrogen) atoms. The second-order valence-electron chi connectivity index (χ2n) is 6.23. The van der Waals surface area contributed by atoms with Crippen molar-refractivity contribution in [1.29, 1.82) is 0 Å². The topological polar surface area (TPSA) is 21.3 Å². The molecule has 2 aliphatic rings. The van der Waals surface area contributed by atoms with Crippen molar-refractivity contribution in [2.24, 2.45) is 5.92 Å². The molecule has 2 aromatic carbocycles. The van der Waals surface area contributed by atoms with Crippen LogP contribution in [0.4, 0.5) is 0 Å². The van der Waals surface area contributed by atoms with Crippen LogP contribution in [0.25, 0.3) is 0 Å². The van der Waals surface area contributed by atoms with Gasteiger partial charge < -0.3 is 10.1 Å². The van der Waals surface area contributed by atoms with Gasteiger partial charge in [0.1, 0.15) is 5.75 Å². The van der Waals surface area contributed by atoms with E-state index in [0.717, 1.165) is 17.3 Å². The lowest BCUT2D eigenvalue weighted by molar-refractivity contribution is 0.286. The molecule has 1 saturated heterocycles. The molecule has 0 spiro atoms. The summed E-state index contributed by atoms with van der Waals surface area (Å²) in [7, 11) is 1.73. The predicted octanol–water partition coefficient (Wildman–Crippen LogP) is 4.53. The Balaban J connectivity index is 1.87. The molecule has 2 aromatic rings. The zero-order valence-electron chi connectivity index (χ0n) is 12.7. The lowest BCUT2D eigenvalue weighted by atomic mass is 9.80. The minimum Gasteiger partial charge on any atom is -0.497 e. The number of hydrogen-bond acceptors (Lipinski definition) is 2. The predicted molar refractivity (Wildman–Crippen MR) is 89.8 cm³/mol. The highest BCUT2D eigenvalue weighted by molar-refractivity contribution is 6.31. The minimum atomic E-state index is 0.382. The van der Waals surface area contributed by atoms with Gasteiger partial charge in [-0.1, -0.05) is 35.9 Å². The Morgan fingerprint density at radius 3 is 2.77 bits per heavy atom. The molecule has 3 atom stereocenters. The van der Waals surface area contributed by atoms with E-state index in [9.17, 15) is 0 Å². The van der Waals surface area contributed by atoms with Gasteiger partial charge in [0.05, 0.1) is 7.11 Å². The maximum atomic E-state index is 6.52. The van der Waals surface area contributed by atoms with Crippen molar-refractivity contribution >= 4 is 11.6 Å². The Morgan fingerprint density at radius 2 is 1.95 bits per heavy atom. The summed E-state index contributed by atoms with van der Waals surface area (Å²) < 4.78 is 5.43. The fourth-order valence-electron chi connectivity index (χ4n) is 4.20. The number of halogens is 1. The quantitative estimate of drug-likeness (QED) is 0.879. The van der Waals surface area contributed by atoms with Crippen molar-refractivity contribution in [1.82, 2.24) is 5.32 Å². The molecule has 3 heteroatoms. The summed E-state index contributed by atoms with van der Waals surface area (Å²) in [5.74, 6) is 1.90. The summed E-state index contributed by atoms with van der Waals surface area (Å²) in [6.45, 7) is 1.09. The van der Waals surface area contributed by atoms with E-state index in [4.69, 9.17) is 16.3 Å². The van der Waals surface area contributed by atoms with Crippen LogP contribution in [0.15, 0.2) is 42.5 Å². The first-order valence-corrected chi connectivity index (χ1v) is 8.33. The number of rotatable bonds is 2. The first-order chi connectivity index (χ1) is 10.8. The molecule has 0 amide bonds. The van der Waals surface area contributed by atoms with Crippen molar-refractivity contribution in [2.75, 3.05) is 13.7 Å². The van der Waals surface area contributed by atoms with Gasteiger partial charge in [0.2, 0.25) is 0 Å². The van der Waals surface area contributed by atoms with Gasteiger partial charge in [-0.15, -0.1) is 0 Å². The third kappa shape index (κ3) is 2.13. The molecule has 0 saturated carbocycles. The molecule has 0 radical (unpaired) electrons. The Kier molecular flexibility index (Phi) is 3.59. The molecule has 1 N–H and O–H groups in total. The third-order valence-electron chi connectivity index (χ3n) is 5.14. The summed E-state index contributed by atoms with van der Waals surface area (Å²) in [5.41, 5.74) is 4.04. The van der Waals surface area contributed by atoms with Gasteiger partial charge in [-0.3, -0.25) is 0 Å². The average molecular weight is 314 g/mol. The second-order valence-corrected chi connectivity index (χ2v) is 6.64. The van der Waals surface area contributed by atoms with Gasteiger partial charge in [-0.2, -0.15) is 0 Å². The highest BCUT2D eigenvalue weighted by Crippen LogP contribution is 2.53. The van der Waals surface area contributed by atoms with Gasteiger partial charge in [0, 0.05) is 17.0 Å². The van der Waals surface area contributed by atoms with Crippen LogP contribution in [0, 0.1) is 5.92 Å². The van der Waals surface area contributed by atoms with E-state index < -0.39 is 0 Å². The molecule has 114 valence electrons. The van der Waals surface area contributed by atoms with Crippen molar-refractivity contribution in [2.45, 2.75) is 24.8 Å². The van der Waals surface area contributed by atoms with Crippen molar-refractivity contribution in [3.8, 4) is 5.75 Å². The number of piperidine rings is 1. The van der Waals surface area contributed by atoms with Gasteiger partial charge in [0.25, 0.3) is 0 Å². The van der Waals surface area contributed by atoms with E-state index in [-0.39, 0.29) is 0 Å². The monoisotopic (exact) mass is 313 g/mol. The molecule has 4 rings (SSSR count). The van der Waals surface area contributed by atoms with Crippen LogP contribution in [-0.2, 0) is 0 Å². The number of nitrogens with one attached hydrogen (secondary N) is 1. The van der Waals surface area contributed by atoms with E-state index in [0.29, 0.717) is 17.9 Å². The number of ether oxygens (including phenoxy) is 1. The summed E-state index contributed by atoms with van der Waals surface area (Å²) in [6, 6.07) is 15.2. The zero-order valence-corrected chi connectivity index (χ0v) is 13.4. The van der Waals surface area contributed by atoms with Crippen LogP contribution in [0.5, 0.6) is 5.75 Å². The summed E-state index contributed by atoms with van der Waals surface area (Å²) in [6.07, 6.45) is 2.47. The molecule has 1 fully saturated rings. The standard InChI is InChI=1S/C19H20ClNO/c1-22-12-8-9-13-16(11-12)19-15(6-4-10-21-19)18(13)14-5-2-3-7-17(14)20/h2-3,5,7-9,11,15,18-19,21H,4,6,10H2,1H3. The van der Waals surface area contributed by atoms with E-state index in [1.54, 1.807) is 7.11 Å². The Labute approximate surface area is 136 Å². The Hall–Kier alpha value is -1.51. The second kappa shape index (κ2) is 5.60. The van der Waals surface area contributed by atoms with Gasteiger partial charge >= 0.3 is 0 Å². The lowest BCUT2D eigenvalue weighted by Gasteiger charge is -2.31. The maximum absolute atomic E-state index is 6.52. The summed E-state index contributed by atoms with van der Waals surface area (Å²) in [4.78, 5) is 0. The van der Waals surface area contributed by atoms with Gasteiger partial charge in [-0.25, -0.2) is 0 Å². The Bertz CT molecular complexity index is 700. The molecular weight excluding hydrogens is 294 g/mol. The van der Waals surface area contributed by atoms with Gasteiger partial charge in [-0.05, 0) is 60.2 Å². The first-order valence-electron chi connectivity index (χ1n) is 7.95. The van der Waals surface area contributed by atoms with Crippen LogP contribution in [0.1, 0.15) is 41.5 Å². The zero-order chi connectivity index (χ0) is 15.1. The van der Waals surface area contributed by atoms with Crippen molar-refractivity contribution < 1.29 is 4.74 Å². The van der Waals surface area contributed by atoms with Crippen LogP contribution in [-0.4, -0.2) is 13.7 Å². The SMILES string of the molecule is COc1ccc2c(c1)C1NCCCC1C2c1ccccc1Cl. The summed E-state index contributed by atoms with van der Waals surface area (Å²) in [5, 5.41) is 4.58. The number of benzene rings is 2. The third-order valence-corrected chi connectivity index (χ3v) is 5.48. The molecule has 1 aliphatic heterocycles. The highest BCUT2D eigenvalue weighted by Gasteiger charge is 2.43. The van der Waals surface area contributed by atoms with E-state index in [2.05, 4.69) is 35.6 Å². The van der Waals surface area contributed by atoms with Crippen LogP contribution < -0.4 is 10.1 Å². The fourth-order valence-corrected chi connectivity index (χ4v) is 4.45. The van der Waals surface area contributed by atoms with Crippen molar-refractivity contribution in [3.63, 3.8) is 0 Å². The van der Waals surface area contributed by atoms with Crippen LogP contribution in [0.3, 0.4) is 0 Å². The highest BCUT2D eigenvalue weighted by atomic mass is 35.5. The smallest absolute Gasteiger partial charge is 0.119 e. The number of methoxy groups -OCH3 is 1. The molecule has 2 nitrogen and oxygen atoms in total. The largest absolute Gasteiger partial charge is 0.497 e.